The Kier molecular flexibility index (Phi) is 5.61. The first-order chi connectivity index (χ1) is 12.1. The van der Waals surface area contributed by atoms with Gasteiger partial charge in [-0.3, -0.25) is 4.79 Å². The fourth-order valence-electron chi connectivity index (χ4n) is 2.63. The van der Waals surface area contributed by atoms with E-state index in [9.17, 15) is 9.18 Å². The number of nitrogens with zero attached hydrogens (tertiary/aromatic N) is 1. The molecule has 0 unspecified atom stereocenters. The van der Waals surface area contributed by atoms with E-state index >= 15 is 0 Å². The van der Waals surface area contributed by atoms with Gasteiger partial charge in [-0.2, -0.15) is 0 Å². The van der Waals surface area contributed by atoms with Crippen molar-refractivity contribution in [3.05, 3.63) is 100 Å². The number of carbonyl (C=O) groups is 1. The van der Waals surface area contributed by atoms with Crippen LogP contribution in [0.5, 0.6) is 0 Å². The molecule has 0 radical (unpaired) electrons. The molecule has 0 N–H and O–H groups in total. The summed E-state index contributed by atoms with van der Waals surface area (Å²) in [6.45, 7) is 0.444. The lowest BCUT2D eigenvalue weighted by atomic mass is 10.1. The molecular weight excluding hydrogens is 381 g/mol. The minimum atomic E-state index is -0.371. The highest BCUT2D eigenvalue weighted by Gasteiger charge is 2.18. The van der Waals surface area contributed by atoms with E-state index in [2.05, 4.69) is 15.9 Å². The van der Waals surface area contributed by atoms with E-state index in [1.165, 1.54) is 6.07 Å². The van der Waals surface area contributed by atoms with Crippen LogP contribution in [0.25, 0.3) is 0 Å². The molecule has 4 heteroatoms. The van der Waals surface area contributed by atoms with Crippen molar-refractivity contribution in [1.29, 1.82) is 0 Å². The van der Waals surface area contributed by atoms with Crippen molar-refractivity contribution in [2.45, 2.75) is 13.0 Å². The highest BCUT2D eigenvalue weighted by atomic mass is 79.9. The summed E-state index contributed by atoms with van der Waals surface area (Å²) in [5, 5.41) is 0. The van der Waals surface area contributed by atoms with Gasteiger partial charge < -0.3 is 4.90 Å². The molecule has 0 aliphatic carbocycles. The first-order valence-corrected chi connectivity index (χ1v) is 8.76. The zero-order chi connectivity index (χ0) is 17.6. The van der Waals surface area contributed by atoms with Crippen LogP contribution in [0.1, 0.15) is 11.1 Å². The lowest BCUT2D eigenvalue weighted by molar-refractivity contribution is -0.118. The Bertz CT molecular complexity index is 852. The number of anilines is 1. The van der Waals surface area contributed by atoms with Gasteiger partial charge in [-0.15, -0.1) is 0 Å². The molecule has 3 aromatic rings. The number of hydrogen-bond donors (Lipinski definition) is 0. The van der Waals surface area contributed by atoms with Gasteiger partial charge in [0.1, 0.15) is 5.82 Å². The van der Waals surface area contributed by atoms with Gasteiger partial charge in [0, 0.05) is 10.2 Å². The second-order valence-electron chi connectivity index (χ2n) is 5.71. The highest BCUT2D eigenvalue weighted by Crippen LogP contribution is 2.21. The van der Waals surface area contributed by atoms with Gasteiger partial charge in [-0.25, -0.2) is 4.39 Å². The number of para-hydroxylation sites is 1. The largest absolute Gasteiger partial charge is 0.308 e. The summed E-state index contributed by atoms with van der Waals surface area (Å²) in [5.74, 6) is -0.517. The second-order valence-corrected chi connectivity index (χ2v) is 6.63. The zero-order valence-corrected chi connectivity index (χ0v) is 15.1. The maximum Gasteiger partial charge on any atom is 0.231 e. The molecule has 3 aromatic carbocycles. The normalized spacial score (nSPS) is 10.5. The van der Waals surface area contributed by atoms with Crippen LogP contribution in [0.15, 0.2) is 83.3 Å². The summed E-state index contributed by atoms with van der Waals surface area (Å²) < 4.78 is 14.8. The van der Waals surface area contributed by atoms with Crippen LogP contribution in [0.4, 0.5) is 10.1 Å². The number of rotatable bonds is 5. The number of hydrogen-bond acceptors (Lipinski definition) is 1. The summed E-state index contributed by atoms with van der Waals surface area (Å²) >= 11 is 3.33. The molecule has 0 aliphatic heterocycles. The van der Waals surface area contributed by atoms with Crippen molar-refractivity contribution in [2.24, 2.45) is 0 Å². The van der Waals surface area contributed by atoms with Crippen molar-refractivity contribution in [3.63, 3.8) is 0 Å². The highest BCUT2D eigenvalue weighted by molar-refractivity contribution is 9.10. The zero-order valence-electron chi connectivity index (χ0n) is 13.5. The van der Waals surface area contributed by atoms with Gasteiger partial charge in [0.25, 0.3) is 0 Å². The SMILES string of the molecule is O=C(Cc1cc(Br)ccc1F)N(Cc1ccccc1)c1ccccc1. The molecule has 0 heterocycles. The lowest BCUT2D eigenvalue weighted by Crippen LogP contribution is -2.32. The quantitative estimate of drug-likeness (QED) is 0.566. The van der Waals surface area contributed by atoms with E-state index in [-0.39, 0.29) is 18.1 Å². The van der Waals surface area contributed by atoms with Crippen molar-refractivity contribution in [2.75, 3.05) is 4.90 Å². The van der Waals surface area contributed by atoms with Crippen molar-refractivity contribution >= 4 is 27.5 Å². The second kappa shape index (κ2) is 8.08. The number of halogens is 2. The minimum absolute atomic E-state index is 0.00695. The molecule has 3 rings (SSSR count). The molecule has 0 aliphatic rings. The maximum absolute atomic E-state index is 14.0. The number of benzene rings is 3. The third kappa shape index (κ3) is 4.54. The van der Waals surface area contributed by atoms with Crippen LogP contribution < -0.4 is 4.90 Å². The minimum Gasteiger partial charge on any atom is -0.308 e. The first-order valence-electron chi connectivity index (χ1n) is 7.97. The van der Waals surface area contributed by atoms with Gasteiger partial charge in [0.2, 0.25) is 5.91 Å². The Balaban J connectivity index is 1.88. The molecule has 1 amide bonds. The van der Waals surface area contributed by atoms with Gasteiger partial charge in [-0.05, 0) is 41.5 Å². The topological polar surface area (TPSA) is 20.3 Å². The van der Waals surface area contributed by atoms with Crippen molar-refractivity contribution in [3.8, 4) is 0 Å². The van der Waals surface area contributed by atoms with Crippen LogP contribution in [0, 0.1) is 5.82 Å². The number of amides is 1. The predicted octanol–water partition coefficient (Wildman–Crippen LogP) is 5.36. The molecular formula is C21H17BrFNO. The summed E-state index contributed by atoms with van der Waals surface area (Å²) in [6.07, 6.45) is 0.00695. The Morgan fingerprint density at radius 1 is 0.920 bits per heavy atom. The van der Waals surface area contributed by atoms with E-state index in [4.69, 9.17) is 0 Å². The Morgan fingerprint density at radius 2 is 1.56 bits per heavy atom. The van der Waals surface area contributed by atoms with Crippen LogP contribution in [0.2, 0.25) is 0 Å². The Hall–Kier alpha value is -2.46. The monoisotopic (exact) mass is 397 g/mol. The third-order valence-electron chi connectivity index (χ3n) is 3.90. The molecule has 2 nitrogen and oxygen atoms in total. The van der Waals surface area contributed by atoms with E-state index in [1.807, 2.05) is 60.7 Å². The Labute approximate surface area is 155 Å². The molecule has 0 atom stereocenters. The van der Waals surface area contributed by atoms with Crippen molar-refractivity contribution < 1.29 is 9.18 Å². The Morgan fingerprint density at radius 3 is 2.24 bits per heavy atom. The van der Waals surface area contributed by atoms with Crippen LogP contribution in [-0.4, -0.2) is 5.91 Å². The van der Waals surface area contributed by atoms with Crippen molar-refractivity contribution in [1.82, 2.24) is 0 Å². The van der Waals surface area contributed by atoms with Gasteiger partial charge in [0.05, 0.1) is 13.0 Å². The average molecular weight is 398 g/mol. The predicted molar refractivity (Wildman–Crippen MR) is 102 cm³/mol. The molecule has 0 saturated heterocycles. The van der Waals surface area contributed by atoms with Crippen LogP contribution >= 0.6 is 15.9 Å². The molecule has 126 valence electrons. The van der Waals surface area contributed by atoms with Crippen LogP contribution in [0.3, 0.4) is 0 Å². The van der Waals surface area contributed by atoms with Gasteiger partial charge in [-0.1, -0.05) is 64.5 Å². The third-order valence-corrected chi connectivity index (χ3v) is 4.40. The van der Waals surface area contributed by atoms with E-state index < -0.39 is 0 Å². The standard InChI is InChI=1S/C21H17BrFNO/c22-18-11-12-20(23)17(13-18)14-21(25)24(19-9-5-2-6-10-19)15-16-7-3-1-4-8-16/h1-13H,14-15H2. The molecule has 0 bridgehead atoms. The summed E-state index contributed by atoms with van der Waals surface area (Å²) in [6, 6.07) is 23.9. The summed E-state index contributed by atoms with van der Waals surface area (Å²) in [7, 11) is 0. The maximum atomic E-state index is 14.0. The molecule has 0 fully saturated rings. The molecule has 0 spiro atoms. The van der Waals surface area contributed by atoms with E-state index in [0.717, 1.165) is 15.7 Å². The summed E-state index contributed by atoms with van der Waals surface area (Å²) in [5.41, 5.74) is 2.20. The fraction of sp³-hybridized carbons (Fsp3) is 0.0952. The van der Waals surface area contributed by atoms with Gasteiger partial charge >= 0.3 is 0 Å². The number of carbonyl (C=O) groups excluding carboxylic acids is 1. The molecule has 0 saturated carbocycles. The lowest BCUT2D eigenvalue weighted by Gasteiger charge is -2.23. The van der Waals surface area contributed by atoms with Crippen LogP contribution in [-0.2, 0) is 17.8 Å². The smallest absolute Gasteiger partial charge is 0.231 e. The molecule has 25 heavy (non-hydrogen) atoms. The van der Waals surface area contributed by atoms with Gasteiger partial charge in [0.15, 0.2) is 0 Å². The van der Waals surface area contributed by atoms with E-state index in [1.54, 1.807) is 17.0 Å². The fourth-order valence-corrected chi connectivity index (χ4v) is 3.04. The summed E-state index contributed by atoms with van der Waals surface area (Å²) in [4.78, 5) is 14.6. The molecule has 0 aromatic heterocycles. The average Bonchev–Trinajstić information content (AvgIpc) is 2.64. The first kappa shape index (κ1) is 17.4. The van der Waals surface area contributed by atoms with E-state index in [0.29, 0.717) is 12.1 Å².